The zero-order valence-corrected chi connectivity index (χ0v) is 12.9. The van der Waals surface area contributed by atoms with Gasteiger partial charge in [-0.25, -0.2) is 17.9 Å². The number of hydrogen-bond donors (Lipinski definition) is 3. The second kappa shape index (κ2) is 7.96. The molecule has 1 aromatic rings. The van der Waals surface area contributed by atoms with Crippen molar-refractivity contribution >= 4 is 21.7 Å². The molecule has 21 heavy (non-hydrogen) atoms. The Balaban J connectivity index is 3.05. The van der Waals surface area contributed by atoms with Crippen LogP contribution in [0.25, 0.3) is 0 Å². The van der Waals surface area contributed by atoms with E-state index >= 15 is 0 Å². The molecule has 0 heterocycles. The van der Waals surface area contributed by atoms with Gasteiger partial charge < -0.3 is 15.2 Å². The molecule has 0 amide bonds. The second-order valence-corrected chi connectivity index (χ2v) is 6.03. The molecule has 0 saturated heterocycles. The highest BCUT2D eigenvalue weighted by Crippen LogP contribution is 2.22. The lowest BCUT2D eigenvalue weighted by atomic mass is 10.2. The first-order valence-electron chi connectivity index (χ1n) is 6.52. The second-order valence-electron chi connectivity index (χ2n) is 4.29. The molecule has 8 heteroatoms. The monoisotopic (exact) mass is 316 g/mol. The molecule has 0 atom stereocenters. The quantitative estimate of drug-likeness (QED) is 0.590. The van der Waals surface area contributed by atoms with Gasteiger partial charge in [0.05, 0.1) is 11.3 Å². The molecule has 3 N–H and O–H groups in total. The van der Waals surface area contributed by atoms with Crippen molar-refractivity contribution in [1.29, 1.82) is 0 Å². The largest absolute Gasteiger partial charge is 0.478 e. The Morgan fingerprint density at radius 1 is 1.38 bits per heavy atom. The molecule has 1 rings (SSSR count). The number of carboxylic acid groups (broad SMARTS) is 1. The number of ether oxygens (including phenoxy) is 1. The van der Waals surface area contributed by atoms with Crippen LogP contribution in [0, 0.1) is 0 Å². The maximum absolute atomic E-state index is 12.3. The molecule has 118 valence electrons. The summed E-state index contributed by atoms with van der Waals surface area (Å²) in [7, 11) is -2.25. The number of nitrogens with one attached hydrogen (secondary N) is 2. The normalized spacial score (nSPS) is 11.3. The van der Waals surface area contributed by atoms with Gasteiger partial charge in [-0.15, -0.1) is 0 Å². The van der Waals surface area contributed by atoms with Gasteiger partial charge in [0.1, 0.15) is 4.90 Å². The van der Waals surface area contributed by atoms with E-state index in [-0.39, 0.29) is 17.0 Å². The summed E-state index contributed by atoms with van der Waals surface area (Å²) in [5.41, 5.74) is 0.302. The summed E-state index contributed by atoms with van der Waals surface area (Å²) in [6.45, 7) is 3.02. The Hall–Kier alpha value is -1.64. The van der Waals surface area contributed by atoms with E-state index in [9.17, 15) is 13.2 Å². The zero-order valence-electron chi connectivity index (χ0n) is 12.0. The summed E-state index contributed by atoms with van der Waals surface area (Å²) in [4.78, 5) is 10.9. The molecule has 0 bridgehead atoms. The van der Waals surface area contributed by atoms with Gasteiger partial charge in [-0.05, 0) is 31.5 Å². The summed E-state index contributed by atoms with van der Waals surface area (Å²) in [5.74, 6) is -1.17. The molecule has 7 nitrogen and oxygen atoms in total. The molecule has 0 fully saturated rings. The van der Waals surface area contributed by atoms with E-state index in [1.54, 1.807) is 0 Å². The van der Waals surface area contributed by atoms with E-state index in [1.165, 1.54) is 19.2 Å². The van der Waals surface area contributed by atoms with Crippen molar-refractivity contribution in [2.45, 2.75) is 18.2 Å². The molecule has 0 saturated carbocycles. The number of rotatable bonds is 9. The highest BCUT2D eigenvalue weighted by molar-refractivity contribution is 7.89. The Kier molecular flexibility index (Phi) is 6.60. The van der Waals surface area contributed by atoms with Crippen LogP contribution in [0.2, 0.25) is 0 Å². The van der Waals surface area contributed by atoms with Gasteiger partial charge >= 0.3 is 5.97 Å². The van der Waals surface area contributed by atoms with Gasteiger partial charge in [0.25, 0.3) is 0 Å². The third-order valence-electron chi connectivity index (χ3n) is 2.70. The van der Waals surface area contributed by atoms with Crippen molar-refractivity contribution in [1.82, 2.24) is 4.72 Å². The zero-order chi connectivity index (χ0) is 15.9. The number of aromatic carboxylic acids is 1. The minimum Gasteiger partial charge on any atom is -0.478 e. The molecule has 0 radical (unpaired) electrons. The Labute approximate surface area is 124 Å². The maximum atomic E-state index is 12.3. The summed E-state index contributed by atoms with van der Waals surface area (Å²) >= 11 is 0. The summed E-state index contributed by atoms with van der Waals surface area (Å²) in [6.07, 6.45) is 0.533. The fourth-order valence-corrected chi connectivity index (χ4v) is 3.00. The summed E-state index contributed by atoms with van der Waals surface area (Å²) in [5, 5.41) is 11.9. The third-order valence-corrected chi connectivity index (χ3v) is 4.20. The average Bonchev–Trinajstić information content (AvgIpc) is 2.44. The van der Waals surface area contributed by atoms with Crippen LogP contribution in [0.3, 0.4) is 0 Å². The highest BCUT2D eigenvalue weighted by atomic mass is 32.2. The lowest BCUT2D eigenvalue weighted by molar-refractivity contribution is 0.0696. The minimum atomic E-state index is -3.78. The van der Waals surface area contributed by atoms with Crippen LogP contribution in [-0.4, -0.2) is 46.3 Å². The van der Waals surface area contributed by atoms with Crippen LogP contribution >= 0.6 is 0 Å². The summed E-state index contributed by atoms with van der Waals surface area (Å²) < 4.78 is 31.8. The number of sulfonamides is 1. The average molecular weight is 316 g/mol. The van der Waals surface area contributed by atoms with Crippen molar-refractivity contribution in [3.63, 3.8) is 0 Å². The first-order chi connectivity index (χ1) is 9.92. The van der Waals surface area contributed by atoms with E-state index < -0.39 is 16.0 Å². The van der Waals surface area contributed by atoms with Crippen LogP contribution in [0.4, 0.5) is 5.69 Å². The van der Waals surface area contributed by atoms with Crippen LogP contribution in [-0.2, 0) is 14.8 Å². The molecular formula is C13H20N2O5S. The topological polar surface area (TPSA) is 105 Å². The lowest BCUT2D eigenvalue weighted by Crippen LogP contribution is -2.26. The molecule has 0 spiro atoms. The molecular weight excluding hydrogens is 296 g/mol. The van der Waals surface area contributed by atoms with Crippen molar-refractivity contribution < 1.29 is 23.1 Å². The van der Waals surface area contributed by atoms with E-state index in [2.05, 4.69) is 10.0 Å². The highest BCUT2D eigenvalue weighted by Gasteiger charge is 2.20. The van der Waals surface area contributed by atoms with Crippen molar-refractivity contribution in [2.24, 2.45) is 0 Å². The molecule has 0 unspecified atom stereocenters. The van der Waals surface area contributed by atoms with Crippen molar-refractivity contribution in [3.05, 3.63) is 23.8 Å². The lowest BCUT2D eigenvalue weighted by Gasteiger charge is -2.13. The molecule has 0 aliphatic heterocycles. The van der Waals surface area contributed by atoms with E-state index in [0.717, 1.165) is 6.07 Å². The Morgan fingerprint density at radius 2 is 2.10 bits per heavy atom. The van der Waals surface area contributed by atoms with Gasteiger partial charge in [0.15, 0.2) is 0 Å². The Bertz CT molecular complexity index is 586. The van der Waals surface area contributed by atoms with Crippen LogP contribution < -0.4 is 10.0 Å². The predicted molar refractivity (Wildman–Crippen MR) is 79.2 cm³/mol. The van der Waals surface area contributed by atoms with E-state index in [0.29, 0.717) is 25.3 Å². The van der Waals surface area contributed by atoms with Crippen LogP contribution in [0.5, 0.6) is 0 Å². The molecule has 1 aromatic carbocycles. The van der Waals surface area contributed by atoms with Gasteiger partial charge in [0.2, 0.25) is 10.0 Å². The molecule has 0 aromatic heterocycles. The first-order valence-corrected chi connectivity index (χ1v) is 8.00. The number of anilines is 1. The number of hydrogen-bond acceptors (Lipinski definition) is 5. The van der Waals surface area contributed by atoms with Gasteiger partial charge in [-0.3, -0.25) is 0 Å². The van der Waals surface area contributed by atoms with Gasteiger partial charge in [0, 0.05) is 26.8 Å². The number of methoxy groups -OCH3 is 1. The smallest absolute Gasteiger partial charge is 0.335 e. The standard InChI is InChI=1S/C13H20N2O5S/c1-3-14-11-6-5-10(13(16)17)9-12(11)21(18,19)15-7-4-8-20-2/h5-6,9,14-15H,3-4,7-8H2,1-2H3,(H,16,17). The van der Waals surface area contributed by atoms with Crippen LogP contribution in [0.15, 0.2) is 23.1 Å². The van der Waals surface area contributed by atoms with Crippen LogP contribution in [0.1, 0.15) is 23.7 Å². The number of benzene rings is 1. The number of carboxylic acids is 1. The van der Waals surface area contributed by atoms with Gasteiger partial charge in [-0.2, -0.15) is 0 Å². The van der Waals surface area contributed by atoms with E-state index in [1.807, 2.05) is 6.92 Å². The third kappa shape index (κ3) is 5.00. The number of carbonyl (C=O) groups is 1. The fourth-order valence-electron chi connectivity index (χ4n) is 1.71. The van der Waals surface area contributed by atoms with E-state index in [4.69, 9.17) is 9.84 Å². The summed E-state index contributed by atoms with van der Waals surface area (Å²) in [6, 6.07) is 3.97. The fraction of sp³-hybridized carbons (Fsp3) is 0.462. The molecule has 0 aliphatic carbocycles. The Morgan fingerprint density at radius 3 is 2.67 bits per heavy atom. The van der Waals surface area contributed by atoms with Gasteiger partial charge in [-0.1, -0.05) is 0 Å². The van der Waals surface area contributed by atoms with Crippen molar-refractivity contribution in [3.8, 4) is 0 Å². The SMILES string of the molecule is CCNc1ccc(C(=O)O)cc1S(=O)(=O)NCCCOC. The van der Waals surface area contributed by atoms with Crippen molar-refractivity contribution in [2.75, 3.05) is 32.1 Å². The first kappa shape index (κ1) is 17.4. The maximum Gasteiger partial charge on any atom is 0.335 e. The minimum absolute atomic E-state index is 0.0679. The predicted octanol–water partition coefficient (Wildman–Crippen LogP) is 1.13. The molecule has 0 aliphatic rings.